The maximum absolute atomic E-state index is 12.6. The zero-order chi connectivity index (χ0) is 17.4. The first-order valence-electron chi connectivity index (χ1n) is 8.26. The van der Waals surface area contributed by atoms with Gasteiger partial charge in [-0.2, -0.15) is 0 Å². The maximum atomic E-state index is 12.6. The number of amides is 1. The smallest absolute Gasteiger partial charge is 0.262 e. The first kappa shape index (κ1) is 16.0. The highest BCUT2D eigenvalue weighted by atomic mass is 32.2. The highest BCUT2D eigenvalue weighted by molar-refractivity contribution is 7.92. The molecule has 1 amide bonds. The van der Waals surface area contributed by atoms with Gasteiger partial charge in [0.15, 0.2) is 0 Å². The van der Waals surface area contributed by atoms with Crippen LogP contribution in [0.2, 0.25) is 0 Å². The third kappa shape index (κ3) is 3.48. The minimum absolute atomic E-state index is 0.0466. The van der Waals surface area contributed by atoms with Gasteiger partial charge in [-0.1, -0.05) is 6.07 Å². The molecule has 7 nitrogen and oxygen atoms in total. The van der Waals surface area contributed by atoms with Crippen molar-refractivity contribution in [3.8, 4) is 0 Å². The van der Waals surface area contributed by atoms with Crippen LogP contribution in [0.4, 0.5) is 5.69 Å². The van der Waals surface area contributed by atoms with Crippen molar-refractivity contribution in [3.05, 3.63) is 47.5 Å². The van der Waals surface area contributed by atoms with E-state index < -0.39 is 10.0 Å². The number of rotatable bonds is 5. The van der Waals surface area contributed by atoms with Gasteiger partial charge in [0, 0.05) is 18.5 Å². The third-order valence-corrected chi connectivity index (χ3v) is 5.82. The summed E-state index contributed by atoms with van der Waals surface area (Å²) in [6.07, 6.45) is 6.92. The summed E-state index contributed by atoms with van der Waals surface area (Å²) in [5, 5.41) is 2.72. The predicted octanol–water partition coefficient (Wildman–Crippen LogP) is 1.52. The zero-order valence-electron chi connectivity index (χ0n) is 13.5. The molecule has 2 heterocycles. The van der Waals surface area contributed by atoms with Gasteiger partial charge in [0.05, 0.1) is 23.0 Å². The fourth-order valence-electron chi connectivity index (χ4n) is 2.87. The third-order valence-electron chi connectivity index (χ3n) is 4.44. The fourth-order valence-corrected chi connectivity index (χ4v) is 3.92. The van der Waals surface area contributed by atoms with Crippen LogP contribution in [0.15, 0.2) is 35.5 Å². The summed E-state index contributed by atoms with van der Waals surface area (Å²) in [6, 6.07) is 4.62. The monoisotopic (exact) mass is 358 g/mol. The van der Waals surface area contributed by atoms with Crippen LogP contribution in [-0.2, 0) is 22.9 Å². The van der Waals surface area contributed by atoms with E-state index in [1.165, 1.54) is 37.4 Å². The van der Waals surface area contributed by atoms with Gasteiger partial charge >= 0.3 is 0 Å². The van der Waals surface area contributed by atoms with Crippen molar-refractivity contribution < 1.29 is 13.2 Å². The molecule has 1 aliphatic carbocycles. The number of carbonyl (C=O) groups is 1. The summed E-state index contributed by atoms with van der Waals surface area (Å²) in [5.41, 5.74) is 1.57. The number of anilines is 1. The van der Waals surface area contributed by atoms with E-state index in [1.54, 1.807) is 6.07 Å². The van der Waals surface area contributed by atoms with E-state index in [0.29, 0.717) is 30.1 Å². The van der Waals surface area contributed by atoms with E-state index in [9.17, 15) is 13.2 Å². The molecule has 2 N–H and O–H groups in total. The molecular weight excluding hydrogens is 340 g/mol. The molecular formula is C17H18N4O3S. The Morgan fingerprint density at radius 3 is 2.68 bits per heavy atom. The molecule has 25 heavy (non-hydrogen) atoms. The molecule has 0 atom stereocenters. The van der Waals surface area contributed by atoms with Crippen molar-refractivity contribution in [3.63, 3.8) is 0 Å². The predicted molar refractivity (Wildman–Crippen MR) is 91.7 cm³/mol. The second kappa shape index (κ2) is 6.11. The number of carbonyl (C=O) groups excluding carboxylic acids is 1. The van der Waals surface area contributed by atoms with Crippen LogP contribution in [0.1, 0.15) is 34.6 Å². The lowest BCUT2D eigenvalue weighted by molar-refractivity contribution is 0.0945. The minimum atomic E-state index is -3.80. The SMILES string of the molecule is O=C1NCCc2ccc(S(=O)(=O)Nc3cnc(CC4CC4)nc3)cc21. The van der Waals surface area contributed by atoms with Crippen molar-refractivity contribution >= 4 is 21.6 Å². The molecule has 1 saturated carbocycles. The first-order valence-corrected chi connectivity index (χ1v) is 9.74. The molecule has 0 bridgehead atoms. The van der Waals surface area contributed by atoms with E-state index in [1.807, 2.05) is 0 Å². The summed E-state index contributed by atoms with van der Waals surface area (Å²) in [6.45, 7) is 0.570. The van der Waals surface area contributed by atoms with Crippen LogP contribution < -0.4 is 10.0 Å². The second-order valence-electron chi connectivity index (χ2n) is 6.47. The summed E-state index contributed by atoms with van der Waals surface area (Å²) >= 11 is 0. The molecule has 1 aliphatic heterocycles. The first-order chi connectivity index (χ1) is 12.0. The maximum Gasteiger partial charge on any atom is 0.262 e. The van der Waals surface area contributed by atoms with Gasteiger partial charge in [0.2, 0.25) is 0 Å². The Balaban J connectivity index is 1.55. The lowest BCUT2D eigenvalue weighted by Crippen LogP contribution is -2.32. The molecule has 1 fully saturated rings. The van der Waals surface area contributed by atoms with Gasteiger partial charge in [0.25, 0.3) is 15.9 Å². The van der Waals surface area contributed by atoms with Gasteiger partial charge < -0.3 is 5.32 Å². The highest BCUT2D eigenvalue weighted by Crippen LogP contribution is 2.31. The van der Waals surface area contributed by atoms with Crippen molar-refractivity contribution in [2.75, 3.05) is 11.3 Å². The van der Waals surface area contributed by atoms with Crippen molar-refractivity contribution in [2.24, 2.45) is 5.92 Å². The Kier molecular flexibility index (Phi) is 3.91. The van der Waals surface area contributed by atoms with E-state index in [-0.39, 0.29) is 10.8 Å². The van der Waals surface area contributed by atoms with Crippen molar-refractivity contribution in [1.82, 2.24) is 15.3 Å². The van der Waals surface area contributed by atoms with E-state index in [0.717, 1.165) is 17.8 Å². The summed E-state index contributed by atoms with van der Waals surface area (Å²) in [5.74, 6) is 1.16. The van der Waals surface area contributed by atoms with Gasteiger partial charge in [-0.05, 0) is 42.9 Å². The van der Waals surface area contributed by atoms with Gasteiger partial charge in [-0.15, -0.1) is 0 Å². The molecule has 2 aromatic rings. The minimum Gasteiger partial charge on any atom is -0.352 e. The standard InChI is InChI=1S/C17H18N4O3S/c22-17-15-8-14(4-3-12(15)5-6-18-17)25(23,24)21-13-9-19-16(20-10-13)7-11-1-2-11/h3-4,8-11,21H,1-2,5-7H2,(H,18,22). The number of fused-ring (bicyclic) bond motifs is 1. The average molecular weight is 358 g/mol. The summed E-state index contributed by atoms with van der Waals surface area (Å²) < 4.78 is 27.6. The zero-order valence-corrected chi connectivity index (χ0v) is 14.3. The molecule has 130 valence electrons. The molecule has 0 saturated heterocycles. The second-order valence-corrected chi connectivity index (χ2v) is 8.15. The Morgan fingerprint density at radius 2 is 1.96 bits per heavy atom. The molecule has 1 aromatic carbocycles. The van der Waals surface area contributed by atoms with Crippen LogP contribution in [0.3, 0.4) is 0 Å². The van der Waals surface area contributed by atoms with Crippen LogP contribution in [0, 0.1) is 5.92 Å². The number of hydrogen-bond acceptors (Lipinski definition) is 5. The molecule has 0 spiro atoms. The fraction of sp³-hybridized carbons (Fsp3) is 0.353. The van der Waals surface area contributed by atoms with Gasteiger partial charge in [-0.25, -0.2) is 18.4 Å². The van der Waals surface area contributed by atoms with E-state index in [4.69, 9.17) is 0 Å². The summed E-state index contributed by atoms with van der Waals surface area (Å²) in [7, 11) is -3.80. The molecule has 8 heteroatoms. The van der Waals surface area contributed by atoms with E-state index >= 15 is 0 Å². The Labute approximate surface area is 145 Å². The Morgan fingerprint density at radius 1 is 1.20 bits per heavy atom. The number of sulfonamides is 1. The summed E-state index contributed by atoms with van der Waals surface area (Å²) in [4.78, 5) is 20.4. The largest absolute Gasteiger partial charge is 0.352 e. The molecule has 0 unspecified atom stereocenters. The molecule has 4 rings (SSSR count). The number of hydrogen-bond donors (Lipinski definition) is 2. The van der Waals surface area contributed by atoms with Gasteiger partial charge in [0.1, 0.15) is 5.82 Å². The normalized spacial score (nSPS) is 16.9. The number of nitrogens with one attached hydrogen (secondary N) is 2. The number of benzene rings is 1. The van der Waals surface area contributed by atoms with E-state index in [2.05, 4.69) is 20.0 Å². The van der Waals surface area contributed by atoms with Crippen LogP contribution in [0.25, 0.3) is 0 Å². The lowest BCUT2D eigenvalue weighted by atomic mass is 10.0. The molecule has 0 radical (unpaired) electrons. The van der Waals surface area contributed by atoms with Crippen LogP contribution in [-0.4, -0.2) is 30.8 Å². The van der Waals surface area contributed by atoms with Crippen LogP contribution in [0.5, 0.6) is 0 Å². The quantitative estimate of drug-likeness (QED) is 0.844. The van der Waals surface area contributed by atoms with Crippen molar-refractivity contribution in [2.45, 2.75) is 30.6 Å². The molecule has 2 aliphatic rings. The average Bonchev–Trinajstić information content (AvgIpc) is 3.40. The van der Waals surface area contributed by atoms with Gasteiger partial charge in [-0.3, -0.25) is 9.52 Å². The van der Waals surface area contributed by atoms with Crippen molar-refractivity contribution in [1.29, 1.82) is 0 Å². The topological polar surface area (TPSA) is 101 Å². The van der Waals surface area contributed by atoms with Crippen LogP contribution >= 0.6 is 0 Å². The highest BCUT2D eigenvalue weighted by Gasteiger charge is 2.23. The number of nitrogens with zero attached hydrogens (tertiary/aromatic N) is 2. The Hall–Kier alpha value is -2.48. The number of aromatic nitrogens is 2. The Bertz CT molecular complexity index is 921. The molecule has 1 aromatic heterocycles. The lowest BCUT2D eigenvalue weighted by Gasteiger charge is -2.17.